The van der Waals surface area contributed by atoms with E-state index in [2.05, 4.69) is 16.0 Å². The highest BCUT2D eigenvalue weighted by atomic mass is 16.4. The van der Waals surface area contributed by atoms with Crippen molar-refractivity contribution in [1.82, 2.24) is 16.0 Å². The summed E-state index contributed by atoms with van der Waals surface area (Å²) in [7, 11) is 0. The van der Waals surface area contributed by atoms with Crippen LogP contribution in [0.1, 0.15) is 40.0 Å². The van der Waals surface area contributed by atoms with Crippen molar-refractivity contribution in [2.45, 2.75) is 64.2 Å². The Labute approximate surface area is 168 Å². The lowest BCUT2D eigenvalue weighted by Gasteiger charge is -2.24. The molecule has 12 heteroatoms. The summed E-state index contributed by atoms with van der Waals surface area (Å²) in [5, 5.41) is 25.4. The van der Waals surface area contributed by atoms with Crippen LogP contribution in [0.25, 0.3) is 0 Å². The summed E-state index contributed by atoms with van der Waals surface area (Å²) in [5.74, 6) is -4.42. The molecule has 9 N–H and O–H groups in total. The van der Waals surface area contributed by atoms with E-state index in [1.165, 1.54) is 6.92 Å². The minimum atomic E-state index is -1.39. The Hall–Kier alpha value is -2.73. The summed E-state index contributed by atoms with van der Waals surface area (Å²) in [6.45, 7) is 4.17. The van der Waals surface area contributed by atoms with Gasteiger partial charge in [0, 0.05) is 6.42 Å². The van der Waals surface area contributed by atoms with Crippen molar-refractivity contribution in [2.75, 3.05) is 6.61 Å². The van der Waals surface area contributed by atoms with Crippen LogP contribution in [-0.4, -0.2) is 70.6 Å². The Bertz CT molecular complexity index is 609. The van der Waals surface area contributed by atoms with Crippen molar-refractivity contribution in [3.8, 4) is 0 Å². The van der Waals surface area contributed by atoms with E-state index in [4.69, 9.17) is 11.5 Å². The SMILES string of the molecule is CC(C)CC(NC(=O)C(CCC(N)=O)NC(=O)C(CO)NC(=O)C(C)N)C(=O)O. The molecule has 0 radical (unpaired) electrons. The van der Waals surface area contributed by atoms with E-state index in [1.807, 2.05) is 0 Å². The van der Waals surface area contributed by atoms with Gasteiger partial charge >= 0.3 is 5.97 Å². The second-order valence-corrected chi connectivity index (χ2v) is 7.13. The van der Waals surface area contributed by atoms with Gasteiger partial charge in [0.05, 0.1) is 12.6 Å². The van der Waals surface area contributed by atoms with Gasteiger partial charge in [-0.3, -0.25) is 19.2 Å². The Morgan fingerprint density at radius 2 is 1.34 bits per heavy atom. The van der Waals surface area contributed by atoms with E-state index in [0.29, 0.717) is 0 Å². The van der Waals surface area contributed by atoms with Gasteiger partial charge in [-0.1, -0.05) is 13.8 Å². The van der Waals surface area contributed by atoms with Crippen LogP contribution in [0.2, 0.25) is 0 Å². The number of hydrogen-bond acceptors (Lipinski definition) is 7. The minimum absolute atomic E-state index is 0.0257. The summed E-state index contributed by atoms with van der Waals surface area (Å²) in [4.78, 5) is 58.9. The lowest BCUT2D eigenvalue weighted by atomic mass is 10.0. The molecule has 0 aromatic carbocycles. The van der Waals surface area contributed by atoms with Crippen molar-refractivity contribution in [2.24, 2.45) is 17.4 Å². The molecule has 166 valence electrons. The van der Waals surface area contributed by atoms with Crippen LogP contribution in [0, 0.1) is 5.92 Å². The van der Waals surface area contributed by atoms with E-state index in [9.17, 15) is 34.2 Å². The maximum Gasteiger partial charge on any atom is 0.326 e. The number of carbonyl (C=O) groups excluding carboxylic acids is 4. The Kier molecular flexibility index (Phi) is 11.5. The number of aliphatic carboxylic acids is 1. The average Bonchev–Trinajstić information content (AvgIpc) is 2.60. The standard InChI is InChI=1S/C17H31N5O7/c1-8(2)6-11(17(28)29)21-15(26)10(4-5-13(19)24)20-16(27)12(7-23)22-14(25)9(3)18/h8-12,23H,4-7,18H2,1-3H3,(H2,19,24)(H,20,27)(H,21,26)(H,22,25)(H,28,29). The van der Waals surface area contributed by atoms with Crippen molar-refractivity contribution < 1.29 is 34.2 Å². The fourth-order valence-corrected chi connectivity index (χ4v) is 2.29. The number of nitrogens with two attached hydrogens (primary N) is 2. The molecule has 0 fully saturated rings. The molecule has 4 atom stereocenters. The highest BCUT2D eigenvalue weighted by Crippen LogP contribution is 2.07. The molecule has 0 saturated carbocycles. The lowest BCUT2D eigenvalue weighted by molar-refractivity contribution is -0.143. The first-order valence-corrected chi connectivity index (χ1v) is 9.17. The van der Waals surface area contributed by atoms with E-state index in [1.54, 1.807) is 13.8 Å². The van der Waals surface area contributed by atoms with Gasteiger partial charge < -0.3 is 37.6 Å². The van der Waals surface area contributed by atoms with Crippen molar-refractivity contribution >= 4 is 29.6 Å². The summed E-state index contributed by atoms with van der Waals surface area (Å²) >= 11 is 0. The van der Waals surface area contributed by atoms with Gasteiger partial charge in [0.2, 0.25) is 23.6 Å². The van der Waals surface area contributed by atoms with Gasteiger partial charge in [-0.15, -0.1) is 0 Å². The molecule has 0 aromatic heterocycles. The number of rotatable bonds is 13. The van der Waals surface area contributed by atoms with Crippen LogP contribution in [0.3, 0.4) is 0 Å². The summed E-state index contributed by atoms with van der Waals surface area (Å²) in [6.07, 6.45) is -0.294. The Morgan fingerprint density at radius 3 is 1.76 bits per heavy atom. The maximum atomic E-state index is 12.5. The summed E-state index contributed by atoms with van der Waals surface area (Å²) in [5.41, 5.74) is 10.5. The zero-order chi connectivity index (χ0) is 22.7. The van der Waals surface area contributed by atoms with Gasteiger partial charge in [0.15, 0.2) is 0 Å². The van der Waals surface area contributed by atoms with Gasteiger partial charge in [-0.2, -0.15) is 0 Å². The van der Waals surface area contributed by atoms with Crippen LogP contribution < -0.4 is 27.4 Å². The largest absolute Gasteiger partial charge is 0.480 e. The third kappa shape index (κ3) is 10.4. The number of carbonyl (C=O) groups is 5. The van der Waals surface area contributed by atoms with Gasteiger partial charge in [0.25, 0.3) is 0 Å². The van der Waals surface area contributed by atoms with Gasteiger partial charge in [-0.25, -0.2) is 4.79 Å². The van der Waals surface area contributed by atoms with E-state index in [-0.39, 0.29) is 25.2 Å². The molecule has 0 aromatic rings. The molecule has 12 nitrogen and oxygen atoms in total. The zero-order valence-electron chi connectivity index (χ0n) is 16.8. The van der Waals surface area contributed by atoms with Crippen LogP contribution in [0.5, 0.6) is 0 Å². The highest BCUT2D eigenvalue weighted by Gasteiger charge is 2.30. The Balaban J connectivity index is 5.30. The van der Waals surface area contributed by atoms with Crippen LogP contribution in [-0.2, 0) is 24.0 Å². The van der Waals surface area contributed by atoms with Crippen molar-refractivity contribution in [1.29, 1.82) is 0 Å². The molecule has 0 heterocycles. The lowest BCUT2D eigenvalue weighted by Crippen LogP contribution is -2.58. The normalized spacial score (nSPS) is 15.0. The third-order valence-corrected chi connectivity index (χ3v) is 3.86. The quantitative estimate of drug-likeness (QED) is 0.165. The van der Waals surface area contributed by atoms with Gasteiger partial charge in [0.1, 0.15) is 18.1 Å². The average molecular weight is 417 g/mol. The molecule has 0 aliphatic heterocycles. The van der Waals surface area contributed by atoms with Gasteiger partial charge in [-0.05, 0) is 25.7 Å². The van der Waals surface area contributed by atoms with Crippen LogP contribution >= 0.6 is 0 Å². The molecule has 0 spiro atoms. The number of primary amides is 1. The van der Waals surface area contributed by atoms with Crippen molar-refractivity contribution in [3.63, 3.8) is 0 Å². The second-order valence-electron chi connectivity index (χ2n) is 7.13. The van der Waals surface area contributed by atoms with Crippen molar-refractivity contribution in [3.05, 3.63) is 0 Å². The monoisotopic (exact) mass is 417 g/mol. The molecule has 0 rings (SSSR count). The molecule has 4 unspecified atom stereocenters. The predicted octanol–water partition coefficient (Wildman–Crippen LogP) is -2.82. The molecule has 0 saturated heterocycles. The number of carboxylic acid groups (broad SMARTS) is 1. The molecular weight excluding hydrogens is 386 g/mol. The topological polar surface area (TPSA) is 214 Å². The Morgan fingerprint density at radius 1 is 0.862 bits per heavy atom. The van der Waals surface area contributed by atoms with E-state index >= 15 is 0 Å². The fourth-order valence-electron chi connectivity index (χ4n) is 2.29. The smallest absolute Gasteiger partial charge is 0.326 e. The molecule has 0 aliphatic rings. The molecule has 0 bridgehead atoms. The third-order valence-electron chi connectivity index (χ3n) is 3.86. The first-order valence-electron chi connectivity index (χ1n) is 9.17. The molecular formula is C17H31N5O7. The fraction of sp³-hybridized carbons (Fsp3) is 0.706. The molecule has 4 amide bonds. The number of hydrogen-bond donors (Lipinski definition) is 7. The number of aliphatic hydroxyl groups excluding tert-OH is 1. The predicted molar refractivity (Wildman–Crippen MR) is 102 cm³/mol. The number of nitrogens with one attached hydrogen (secondary N) is 3. The first-order chi connectivity index (χ1) is 13.4. The number of amides is 4. The zero-order valence-corrected chi connectivity index (χ0v) is 16.8. The second kappa shape index (κ2) is 12.7. The minimum Gasteiger partial charge on any atom is -0.480 e. The number of aliphatic hydroxyl groups is 1. The van der Waals surface area contributed by atoms with Crippen LogP contribution in [0.4, 0.5) is 0 Å². The highest BCUT2D eigenvalue weighted by molar-refractivity contribution is 5.94. The summed E-state index contributed by atoms with van der Waals surface area (Å²) < 4.78 is 0. The van der Waals surface area contributed by atoms with E-state index < -0.39 is 60.4 Å². The maximum absolute atomic E-state index is 12.5. The summed E-state index contributed by atoms with van der Waals surface area (Å²) in [6, 6.07) is -4.81. The molecule has 29 heavy (non-hydrogen) atoms. The first kappa shape index (κ1) is 26.3. The number of carboxylic acids is 1. The molecule has 0 aliphatic carbocycles. The van der Waals surface area contributed by atoms with E-state index in [0.717, 1.165) is 0 Å². The van der Waals surface area contributed by atoms with Crippen LogP contribution in [0.15, 0.2) is 0 Å².